The van der Waals surface area contributed by atoms with Gasteiger partial charge in [-0.25, -0.2) is 4.79 Å². The van der Waals surface area contributed by atoms with Gasteiger partial charge in [-0.05, 0) is 0 Å². The van der Waals surface area contributed by atoms with Crippen LogP contribution in [-0.2, 0) is 9.53 Å². The Kier molecular flexibility index (Phi) is 2.61. The van der Waals surface area contributed by atoms with Crippen molar-refractivity contribution >= 4 is 12.1 Å². The molecule has 0 saturated carbocycles. The molecule has 46 valence electrons. The van der Waals surface area contributed by atoms with Crippen LogP contribution in [0.4, 0.5) is 4.79 Å². The number of nitrogens with one attached hydrogen (secondary N) is 1. The summed E-state index contributed by atoms with van der Waals surface area (Å²) in [5.74, 6) is -0.607. The lowest BCUT2D eigenvalue weighted by molar-refractivity contribution is -0.134. The van der Waals surface area contributed by atoms with Gasteiger partial charge in [-0.15, -0.1) is 0 Å². The second kappa shape index (κ2) is 3.01. The Morgan fingerprint density at radius 3 is 2.12 bits per heavy atom. The summed E-state index contributed by atoms with van der Waals surface area (Å²) >= 11 is 0. The molecule has 4 heteroatoms. The fourth-order valence-corrected chi connectivity index (χ4v) is 0.182. The highest BCUT2D eigenvalue weighted by molar-refractivity contribution is 5.82. The first-order valence-corrected chi connectivity index (χ1v) is 2.07. The van der Waals surface area contributed by atoms with Gasteiger partial charge < -0.3 is 10.1 Å². The molecule has 4 nitrogen and oxygen atoms in total. The largest absolute Gasteiger partial charge is 0.414 e. The Bertz CT molecular complexity index is 110. The molecule has 0 saturated heterocycles. The van der Waals surface area contributed by atoms with Gasteiger partial charge >= 0.3 is 12.1 Å². The van der Waals surface area contributed by atoms with Gasteiger partial charge in [-0.3, -0.25) is 4.79 Å². The van der Waals surface area contributed by atoms with Crippen molar-refractivity contribution < 1.29 is 14.3 Å². The van der Waals surface area contributed by atoms with Crippen molar-refractivity contribution in [1.29, 1.82) is 0 Å². The summed E-state index contributed by atoms with van der Waals surface area (Å²) in [6.45, 7) is 1.16. The van der Waals surface area contributed by atoms with Crippen LogP contribution in [0.15, 0.2) is 0 Å². The Hall–Kier alpha value is -1.06. The van der Waals surface area contributed by atoms with Crippen molar-refractivity contribution in [3.8, 4) is 0 Å². The molecule has 0 aliphatic carbocycles. The van der Waals surface area contributed by atoms with Crippen molar-refractivity contribution in [3.63, 3.8) is 0 Å². The molecule has 0 spiro atoms. The first-order valence-electron chi connectivity index (χ1n) is 2.07. The summed E-state index contributed by atoms with van der Waals surface area (Å²) in [5.41, 5.74) is 0. The third-order valence-electron chi connectivity index (χ3n) is 0.441. The third kappa shape index (κ3) is 3.14. The molecular formula is C4H7NO3. The summed E-state index contributed by atoms with van der Waals surface area (Å²) in [7, 11) is 1.38. The van der Waals surface area contributed by atoms with Crippen LogP contribution in [0.5, 0.6) is 0 Å². The number of rotatable bonds is 0. The van der Waals surface area contributed by atoms with Gasteiger partial charge in [0.25, 0.3) is 0 Å². The zero-order chi connectivity index (χ0) is 6.57. The lowest BCUT2D eigenvalue weighted by atomic mass is 10.8. The topological polar surface area (TPSA) is 55.4 Å². The Balaban J connectivity index is 3.40. The molecule has 0 heterocycles. The molecule has 0 rings (SSSR count). The average molecular weight is 117 g/mol. The fraction of sp³-hybridized carbons (Fsp3) is 0.500. The second-order valence-electron chi connectivity index (χ2n) is 1.13. The molecule has 0 atom stereocenters. The Morgan fingerprint density at radius 2 is 2.00 bits per heavy atom. The van der Waals surface area contributed by atoms with E-state index in [1.165, 1.54) is 7.05 Å². The molecule has 0 aromatic heterocycles. The van der Waals surface area contributed by atoms with E-state index < -0.39 is 12.1 Å². The quantitative estimate of drug-likeness (QED) is 0.355. The maximum Gasteiger partial charge on any atom is 0.414 e. The summed E-state index contributed by atoms with van der Waals surface area (Å²) in [6.07, 6.45) is -0.725. The van der Waals surface area contributed by atoms with Gasteiger partial charge in [0, 0.05) is 14.0 Å². The molecule has 0 aliphatic rings. The van der Waals surface area contributed by atoms with Gasteiger partial charge in [0.2, 0.25) is 0 Å². The number of alkyl carbamates (subject to hydrolysis) is 1. The normalized spacial score (nSPS) is 7.75. The maximum absolute atomic E-state index is 10.1. The van der Waals surface area contributed by atoms with E-state index in [0.717, 1.165) is 6.92 Å². The Labute approximate surface area is 46.8 Å². The van der Waals surface area contributed by atoms with Gasteiger partial charge in [-0.1, -0.05) is 0 Å². The van der Waals surface area contributed by atoms with Crippen LogP contribution >= 0.6 is 0 Å². The van der Waals surface area contributed by atoms with E-state index in [2.05, 4.69) is 10.1 Å². The maximum atomic E-state index is 10.1. The standard InChI is InChI=1S/C4H7NO3/c1-3(6)8-4(7)5-2/h1-2H3,(H,5,7). The minimum absolute atomic E-state index is 0.607. The molecule has 0 bridgehead atoms. The van der Waals surface area contributed by atoms with E-state index >= 15 is 0 Å². The molecule has 0 aliphatic heterocycles. The van der Waals surface area contributed by atoms with Crippen molar-refractivity contribution in [2.45, 2.75) is 6.92 Å². The van der Waals surface area contributed by atoms with Gasteiger partial charge in [-0.2, -0.15) is 0 Å². The highest BCUT2D eigenvalue weighted by Gasteiger charge is 1.98. The number of carbonyl (C=O) groups excluding carboxylic acids is 2. The van der Waals surface area contributed by atoms with E-state index in [-0.39, 0.29) is 0 Å². The summed E-state index contributed by atoms with van der Waals surface area (Å²) < 4.78 is 4.01. The summed E-state index contributed by atoms with van der Waals surface area (Å²) in [4.78, 5) is 20.0. The minimum atomic E-state index is -0.725. The molecule has 0 fully saturated rings. The number of esters is 1. The van der Waals surface area contributed by atoms with Crippen LogP contribution in [-0.4, -0.2) is 19.1 Å². The highest BCUT2D eigenvalue weighted by atomic mass is 16.6. The number of hydrogen-bond donors (Lipinski definition) is 1. The van der Waals surface area contributed by atoms with E-state index in [1.54, 1.807) is 0 Å². The van der Waals surface area contributed by atoms with Crippen LogP contribution in [0.1, 0.15) is 6.92 Å². The lowest BCUT2D eigenvalue weighted by Crippen LogP contribution is -2.21. The van der Waals surface area contributed by atoms with Gasteiger partial charge in [0.1, 0.15) is 0 Å². The second-order valence-corrected chi connectivity index (χ2v) is 1.13. The zero-order valence-corrected chi connectivity index (χ0v) is 4.72. The first kappa shape index (κ1) is 6.94. The Morgan fingerprint density at radius 1 is 1.50 bits per heavy atom. The highest BCUT2D eigenvalue weighted by Crippen LogP contribution is 1.74. The summed E-state index contributed by atoms with van der Waals surface area (Å²) in [5, 5.41) is 2.11. The lowest BCUT2D eigenvalue weighted by Gasteiger charge is -1.94. The van der Waals surface area contributed by atoms with Gasteiger partial charge in [0.15, 0.2) is 0 Å². The van der Waals surface area contributed by atoms with Crippen molar-refractivity contribution in [2.75, 3.05) is 7.05 Å². The monoisotopic (exact) mass is 117 g/mol. The average Bonchev–Trinajstić information content (AvgIpc) is 1.65. The van der Waals surface area contributed by atoms with E-state index in [0.29, 0.717) is 0 Å². The number of amides is 1. The van der Waals surface area contributed by atoms with Crippen LogP contribution in [0, 0.1) is 0 Å². The molecule has 0 radical (unpaired) electrons. The number of carbonyl (C=O) groups is 2. The molecular weight excluding hydrogens is 110 g/mol. The number of ether oxygens (including phenoxy) is 1. The fourth-order valence-electron chi connectivity index (χ4n) is 0.182. The molecule has 1 N–H and O–H groups in total. The van der Waals surface area contributed by atoms with Crippen LogP contribution in [0.25, 0.3) is 0 Å². The summed E-state index contributed by atoms with van der Waals surface area (Å²) in [6, 6.07) is 0. The molecule has 0 aromatic carbocycles. The SMILES string of the molecule is CNC(=O)OC(C)=O. The van der Waals surface area contributed by atoms with Crippen molar-refractivity contribution in [2.24, 2.45) is 0 Å². The van der Waals surface area contributed by atoms with Crippen LogP contribution < -0.4 is 5.32 Å². The van der Waals surface area contributed by atoms with Gasteiger partial charge in [0.05, 0.1) is 0 Å². The van der Waals surface area contributed by atoms with Crippen LogP contribution in [0.3, 0.4) is 0 Å². The smallest absolute Gasteiger partial charge is 0.377 e. The molecule has 1 amide bonds. The molecule has 0 unspecified atom stereocenters. The third-order valence-corrected chi connectivity index (χ3v) is 0.441. The first-order chi connectivity index (χ1) is 3.66. The molecule has 8 heavy (non-hydrogen) atoms. The van der Waals surface area contributed by atoms with Crippen LogP contribution in [0.2, 0.25) is 0 Å². The minimum Gasteiger partial charge on any atom is -0.377 e. The number of hydrogen-bond acceptors (Lipinski definition) is 3. The van der Waals surface area contributed by atoms with E-state index in [9.17, 15) is 9.59 Å². The predicted molar refractivity (Wildman–Crippen MR) is 26.2 cm³/mol. The van der Waals surface area contributed by atoms with E-state index in [4.69, 9.17) is 0 Å². The van der Waals surface area contributed by atoms with Crippen molar-refractivity contribution in [3.05, 3.63) is 0 Å². The predicted octanol–water partition coefficient (Wildman–Crippen LogP) is -0.111. The van der Waals surface area contributed by atoms with E-state index in [1.807, 2.05) is 0 Å². The molecule has 0 aromatic rings. The van der Waals surface area contributed by atoms with Crippen molar-refractivity contribution in [1.82, 2.24) is 5.32 Å². The zero-order valence-electron chi connectivity index (χ0n) is 4.72.